The number of thioether (sulfide) groups is 1. The van der Waals surface area contributed by atoms with Gasteiger partial charge in [-0.05, 0) is 21.9 Å². The molecule has 106 valence electrons. The molecular weight excluding hydrogens is 302 g/mol. The van der Waals surface area contributed by atoms with Crippen LogP contribution in [0.25, 0.3) is 0 Å². The molecule has 2 aromatic heterocycles. The summed E-state index contributed by atoms with van der Waals surface area (Å²) in [6.07, 6.45) is 0. The van der Waals surface area contributed by atoms with E-state index in [2.05, 4.69) is 25.6 Å². The molecule has 2 aromatic rings. The number of carbonyl (C=O) groups excluding carboxylic acids is 2. The number of ether oxygens (including phenoxy) is 1. The van der Waals surface area contributed by atoms with Crippen molar-refractivity contribution in [3.63, 3.8) is 0 Å². The molecule has 2 rings (SSSR count). The first-order chi connectivity index (χ1) is 9.61. The average molecular weight is 313 g/mol. The zero-order valence-corrected chi connectivity index (χ0v) is 12.3. The number of anilines is 1. The molecule has 0 aliphatic rings. The molecule has 0 saturated carbocycles. The van der Waals surface area contributed by atoms with Crippen LogP contribution in [0.5, 0.6) is 0 Å². The van der Waals surface area contributed by atoms with E-state index in [0.29, 0.717) is 15.7 Å². The maximum Gasteiger partial charge on any atom is 0.340 e. The molecule has 1 amide bonds. The van der Waals surface area contributed by atoms with Gasteiger partial charge in [0.15, 0.2) is 0 Å². The summed E-state index contributed by atoms with van der Waals surface area (Å²) in [4.78, 5) is 23.3. The van der Waals surface area contributed by atoms with Gasteiger partial charge in [-0.25, -0.2) is 9.48 Å². The number of rotatable bonds is 5. The fraction of sp³-hybridized carbons (Fsp3) is 0.300. The Balaban J connectivity index is 1.93. The van der Waals surface area contributed by atoms with Gasteiger partial charge in [0, 0.05) is 7.05 Å². The smallest absolute Gasteiger partial charge is 0.340 e. The Morgan fingerprint density at radius 1 is 1.55 bits per heavy atom. The van der Waals surface area contributed by atoms with E-state index in [9.17, 15) is 9.59 Å². The highest BCUT2D eigenvalue weighted by Gasteiger charge is 2.16. The molecule has 0 unspecified atom stereocenters. The van der Waals surface area contributed by atoms with Gasteiger partial charge in [0.2, 0.25) is 11.1 Å². The minimum atomic E-state index is -0.480. The van der Waals surface area contributed by atoms with E-state index in [0.717, 1.165) is 0 Å². The number of nitrogens with zero attached hydrogens (tertiary/aromatic N) is 4. The number of tetrazole rings is 1. The van der Waals surface area contributed by atoms with Crippen molar-refractivity contribution in [3.05, 3.63) is 17.0 Å². The van der Waals surface area contributed by atoms with Crippen molar-refractivity contribution in [2.45, 2.75) is 5.16 Å². The normalized spacial score (nSPS) is 10.3. The highest BCUT2D eigenvalue weighted by Crippen LogP contribution is 2.24. The molecule has 0 atom stereocenters. The van der Waals surface area contributed by atoms with Crippen molar-refractivity contribution >= 4 is 40.0 Å². The van der Waals surface area contributed by atoms with E-state index in [4.69, 9.17) is 0 Å². The Bertz CT molecular complexity index is 624. The highest BCUT2D eigenvalue weighted by atomic mass is 32.2. The number of hydrogen-bond donors (Lipinski definition) is 1. The number of nitrogens with one attached hydrogen (secondary N) is 1. The molecular formula is C10H11N5O3S2. The van der Waals surface area contributed by atoms with Gasteiger partial charge in [-0.15, -0.1) is 16.4 Å². The van der Waals surface area contributed by atoms with Crippen LogP contribution in [0.15, 0.2) is 16.6 Å². The lowest BCUT2D eigenvalue weighted by Crippen LogP contribution is -2.16. The second kappa shape index (κ2) is 6.48. The van der Waals surface area contributed by atoms with Gasteiger partial charge in [0.1, 0.15) is 5.00 Å². The van der Waals surface area contributed by atoms with Crippen LogP contribution in [0.2, 0.25) is 0 Å². The average Bonchev–Trinajstić information content (AvgIpc) is 3.05. The SMILES string of the molecule is COC(=O)c1ccsc1NC(=O)CSc1nnnn1C. The summed E-state index contributed by atoms with van der Waals surface area (Å²) in [5.74, 6) is -0.579. The van der Waals surface area contributed by atoms with E-state index in [1.54, 1.807) is 18.5 Å². The highest BCUT2D eigenvalue weighted by molar-refractivity contribution is 7.99. The third kappa shape index (κ3) is 3.33. The number of hydrogen-bond acceptors (Lipinski definition) is 8. The maximum atomic E-state index is 11.8. The van der Waals surface area contributed by atoms with Crippen LogP contribution >= 0.6 is 23.1 Å². The lowest BCUT2D eigenvalue weighted by molar-refractivity contribution is -0.113. The summed E-state index contributed by atoms with van der Waals surface area (Å²) >= 11 is 2.47. The van der Waals surface area contributed by atoms with Gasteiger partial charge in [-0.2, -0.15) is 0 Å². The number of methoxy groups -OCH3 is 1. The Morgan fingerprint density at radius 3 is 3.00 bits per heavy atom. The zero-order valence-electron chi connectivity index (χ0n) is 10.7. The summed E-state index contributed by atoms with van der Waals surface area (Å²) in [7, 11) is 2.98. The maximum absolute atomic E-state index is 11.8. The first-order valence-corrected chi connectivity index (χ1v) is 7.29. The van der Waals surface area contributed by atoms with E-state index in [-0.39, 0.29) is 11.7 Å². The molecule has 0 aromatic carbocycles. The molecule has 20 heavy (non-hydrogen) atoms. The minimum Gasteiger partial charge on any atom is -0.465 e. The summed E-state index contributed by atoms with van der Waals surface area (Å²) in [6.45, 7) is 0. The number of aromatic nitrogens is 4. The molecule has 8 nitrogen and oxygen atoms in total. The van der Waals surface area contributed by atoms with Gasteiger partial charge in [0.05, 0.1) is 18.4 Å². The number of esters is 1. The van der Waals surface area contributed by atoms with Gasteiger partial charge >= 0.3 is 5.97 Å². The topological polar surface area (TPSA) is 99.0 Å². The summed E-state index contributed by atoms with van der Waals surface area (Å²) in [6, 6.07) is 1.60. The second-order valence-corrected chi connectivity index (χ2v) is 5.44. The molecule has 0 fully saturated rings. The molecule has 0 radical (unpaired) electrons. The number of thiophene rings is 1. The van der Waals surface area contributed by atoms with Gasteiger partial charge in [0.25, 0.3) is 0 Å². The molecule has 1 N–H and O–H groups in total. The molecule has 0 aliphatic carbocycles. The van der Waals surface area contributed by atoms with E-state index in [1.165, 1.54) is 34.9 Å². The fourth-order valence-corrected chi connectivity index (χ4v) is 2.75. The lowest BCUT2D eigenvalue weighted by Gasteiger charge is -2.04. The van der Waals surface area contributed by atoms with Gasteiger partial charge < -0.3 is 10.1 Å². The van der Waals surface area contributed by atoms with Crippen molar-refractivity contribution in [1.82, 2.24) is 20.2 Å². The number of amides is 1. The fourth-order valence-electron chi connectivity index (χ4n) is 1.31. The van der Waals surface area contributed by atoms with E-state index in [1.807, 2.05) is 0 Å². The first-order valence-electron chi connectivity index (χ1n) is 5.42. The van der Waals surface area contributed by atoms with Crippen LogP contribution < -0.4 is 5.32 Å². The summed E-state index contributed by atoms with van der Waals surface area (Å²) < 4.78 is 6.11. The van der Waals surface area contributed by atoms with Crippen LogP contribution in [-0.2, 0) is 16.6 Å². The minimum absolute atomic E-state index is 0.146. The van der Waals surface area contributed by atoms with Crippen LogP contribution in [0, 0.1) is 0 Å². The molecule has 0 saturated heterocycles. The van der Waals surface area contributed by atoms with E-state index >= 15 is 0 Å². The second-order valence-electron chi connectivity index (χ2n) is 3.58. The lowest BCUT2D eigenvalue weighted by atomic mass is 10.3. The zero-order chi connectivity index (χ0) is 14.5. The van der Waals surface area contributed by atoms with Gasteiger partial charge in [-0.3, -0.25) is 4.79 Å². The monoisotopic (exact) mass is 313 g/mol. The van der Waals surface area contributed by atoms with Crippen LogP contribution in [0.1, 0.15) is 10.4 Å². The van der Waals surface area contributed by atoms with E-state index < -0.39 is 5.97 Å². The summed E-state index contributed by atoms with van der Waals surface area (Å²) in [5.41, 5.74) is 0.344. The molecule has 2 heterocycles. The predicted octanol–water partition coefficient (Wildman–Crippen LogP) is 0.789. The van der Waals surface area contributed by atoms with Crippen molar-refractivity contribution in [2.75, 3.05) is 18.2 Å². The molecule has 10 heteroatoms. The van der Waals surface area contributed by atoms with Crippen LogP contribution in [0.4, 0.5) is 5.00 Å². The van der Waals surface area contributed by atoms with Crippen molar-refractivity contribution < 1.29 is 14.3 Å². The quantitative estimate of drug-likeness (QED) is 0.643. The first kappa shape index (κ1) is 14.5. The Morgan fingerprint density at radius 2 is 2.35 bits per heavy atom. The van der Waals surface area contributed by atoms with Crippen molar-refractivity contribution in [3.8, 4) is 0 Å². The van der Waals surface area contributed by atoms with Crippen molar-refractivity contribution in [2.24, 2.45) is 7.05 Å². The number of carbonyl (C=O) groups is 2. The largest absolute Gasteiger partial charge is 0.465 e. The molecule has 0 aliphatic heterocycles. The Labute approximate surface area is 122 Å². The Hall–Kier alpha value is -1.94. The van der Waals surface area contributed by atoms with Crippen LogP contribution in [-0.4, -0.2) is 44.9 Å². The van der Waals surface area contributed by atoms with Gasteiger partial charge in [-0.1, -0.05) is 11.8 Å². The third-order valence-electron chi connectivity index (χ3n) is 2.24. The molecule has 0 bridgehead atoms. The van der Waals surface area contributed by atoms with Crippen molar-refractivity contribution in [1.29, 1.82) is 0 Å². The van der Waals surface area contributed by atoms with Crippen LogP contribution in [0.3, 0.4) is 0 Å². The Kier molecular flexibility index (Phi) is 4.69. The third-order valence-corrected chi connectivity index (χ3v) is 4.08. The summed E-state index contributed by atoms with van der Waals surface area (Å²) in [5, 5.41) is 16.3. The standard InChI is InChI=1S/C10H11N5O3S2/c1-15-10(12-13-14-15)20-5-7(16)11-8-6(3-4-19-8)9(17)18-2/h3-4H,5H2,1-2H3,(H,11,16). The number of aryl methyl sites for hydroxylation is 1. The molecule has 0 spiro atoms. The predicted molar refractivity (Wildman–Crippen MR) is 73.8 cm³/mol.